The summed E-state index contributed by atoms with van der Waals surface area (Å²) < 4.78 is 3.74. The Hall–Kier alpha value is -1.53. The maximum atomic E-state index is 8.84. The molecule has 6 nitrogen and oxygen atoms in total. The van der Waals surface area contributed by atoms with Crippen molar-refractivity contribution in [3.05, 3.63) is 30.4 Å². The normalized spacial score (nSPS) is 10.6. The fraction of sp³-hybridized carbons (Fsp3) is 0.538. The van der Waals surface area contributed by atoms with Crippen molar-refractivity contribution < 1.29 is 5.11 Å². The quantitative estimate of drug-likeness (QED) is 0.817. The first-order valence-electron chi connectivity index (χ1n) is 6.57. The van der Waals surface area contributed by atoms with Crippen LogP contribution in [0.1, 0.15) is 19.5 Å². The van der Waals surface area contributed by atoms with Gasteiger partial charge in [-0.1, -0.05) is 13.8 Å². The van der Waals surface area contributed by atoms with Gasteiger partial charge < -0.3 is 10.4 Å². The number of anilines is 1. The highest BCUT2D eigenvalue weighted by molar-refractivity contribution is 5.85. The summed E-state index contributed by atoms with van der Waals surface area (Å²) in [5.74, 6) is 0.575. The van der Waals surface area contributed by atoms with E-state index in [1.807, 2.05) is 23.1 Å². The molecule has 0 saturated heterocycles. The number of nitrogens with one attached hydrogen (secondary N) is 1. The van der Waals surface area contributed by atoms with Gasteiger partial charge in [-0.15, -0.1) is 12.4 Å². The van der Waals surface area contributed by atoms with Gasteiger partial charge in [-0.25, -0.2) is 0 Å². The van der Waals surface area contributed by atoms with Crippen LogP contribution in [0.15, 0.2) is 24.7 Å². The molecule has 2 heterocycles. The molecule has 2 aromatic rings. The molecule has 112 valence electrons. The number of nitrogens with zero attached hydrogens (tertiary/aromatic N) is 4. The minimum atomic E-state index is 0. The van der Waals surface area contributed by atoms with Gasteiger partial charge in [-0.05, 0) is 12.0 Å². The van der Waals surface area contributed by atoms with Crippen LogP contribution in [-0.4, -0.2) is 31.3 Å². The van der Waals surface area contributed by atoms with Crippen LogP contribution < -0.4 is 5.32 Å². The molecule has 2 aromatic heterocycles. The Bertz CT molecular complexity index is 508. The summed E-state index contributed by atoms with van der Waals surface area (Å²) in [7, 11) is 0. The lowest BCUT2D eigenvalue weighted by Gasteiger charge is -2.10. The van der Waals surface area contributed by atoms with E-state index in [4.69, 9.17) is 5.11 Å². The highest BCUT2D eigenvalue weighted by Gasteiger charge is 2.05. The SMILES string of the molecule is CC(C)Cn1nccc1CNc1cnn(CCO)c1.Cl. The number of aliphatic hydroxyl groups excluding tert-OH is 1. The lowest BCUT2D eigenvalue weighted by atomic mass is 10.2. The zero-order chi connectivity index (χ0) is 13.7. The van der Waals surface area contributed by atoms with Crippen LogP contribution in [0, 0.1) is 5.92 Å². The third kappa shape index (κ3) is 4.54. The first-order valence-corrected chi connectivity index (χ1v) is 6.57. The molecule has 0 aromatic carbocycles. The highest BCUT2D eigenvalue weighted by atomic mass is 35.5. The molecule has 0 fully saturated rings. The van der Waals surface area contributed by atoms with Crippen LogP contribution in [0.25, 0.3) is 0 Å². The average Bonchev–Trinajstić information content (AvgIpc) is 2.96. The standard InChI is InChI=1S/C13H21N5O.ClH/c1-11(2)9-18-13(3-4-15-18)8-14-12-7-16-17(10-12)5-6-19;/h3-4,7,10-11,14,19H,5-6,8-9H2,1-2H3;1H. The monoisotopic (exact) mass is 299 g/mol. The lowest BCUT2D eigenvalue weighted by Crippen LogP contribution is -2.12. The Kier molecular flexibility index (Phi) is 6.54. The molecule has 0 spiro atoms. The number of aromatic nitrogens is 4. The maximum Gasteiger partial charge on any atom is 0.0729 e. The predicted octanol–water partition coefficient (Wildman–Crippen LogP) is 1.76. The number of hydrogen-bond acceptors (Lipinski definition) is 4. The smallest absolute Gasteiger partial charge is 0.0729 e. The molecule has 7 heteroatoms. The third-order valence-corrected chi connectivity index (χ3v) is 2.78. The van der Waals surface area contributed by atoms with Gasteiger partial charge in [-0.2, -0.15) is 10.2 Å². The molecule has 0 saturated carbocycles. The predicted molar refractivity (Wildman–Crippen MR) is 81.0 cm³/mol. The topological polar surface area (TPSA) is 67.9 Å². The summed E-state index contributed by atoms with van der Waals surface area (Å²) in [5, 5.41) is 20.6. The maximum absolute atomic E-state index is 8.84. The van der Waals surface area contributed by atoms with E-state index in [2.05, 4.69) is 29.4 Å². The summed E-state index contributed by atoms with van der Waals surface area (Å²) in [6.07, 6.45) is 5.48. The summed E-state index contributed by atoms with van der Waals surface area (Å²) in [6.45, 7) is 6.62. The highest BCUT2D eigenvalue weighted by Crippen LogP contribution is 2.09. The second-order valence-electron chi connectivity index (χ2n) is 4.97. The molecule has 2 rings (SSSR count). The molecule has 0 bridgehead atoms. The van der Waals surface area contributed by atoms with Crippen molar-refractivity contribution >= 4 is 18.1 Å². The molecule has 0 aliphatic rings. The molecule has 2 N–H and O–H groups in total. The van der Waals surface area contributed by atoms with Crippen molar-refractivity contribution in [2.75, 3.05) is 11.9 Å². The summed E-state index contributed by atoms with van der Waals surface area (Å²) in [6, 6.07) is 2.02. The number of rotatable bonds is 7. The second kappa shape index (κ2) is 7.91. The van der Waals surface area contributed by atoms with Crippen molar-refractivity contribution in [2.45, 2.75) is 33.5 Å². The van der Waals surface area contributed by atoms with Gasteiger partial charge in [0.05, 0.1) is 37.3 Å². The molecule has 0 aliphatic heterocycles. The zero-order valence-electron chi connectivity index (χ0n) is 11.9. The Labute approximate surface area is 125 Å². The third-order valence-electron chi connectivity index (χ3n) is 2.78. The minimum absolute atomic E-state index is 0. The van der Waals surface area contributed by atoms with Gasteiger partial charge in [0.15, 0.2) is 0 Å². The zero-order valence-corrected chi connectivity index (χ0v) is 12.7. The van der Waals surface area contributed by atoms with Crippen LogP contribution in [-0.2, 0) is 19.6 Å². The number of aliphatic hydroxyl groups is 1. The fourth-order valence-corrected chi connectivity index (χ4v) is 1.89. The van der Waals surface area contributed by atoms with Gasteiger partial charge >= 0.3 is 0 Å². The van der Waals surface area contributed by atoms with E-state index in [0.29, 0.717) is 12.5 Å². The molecule has 20 heavy (non-hydrogen) atoms. The Morgan fingerprint density at radius 3 is 2.85 bits per heavy atom. The van der Waals surface area contributed by atoms with Crippen LogP contribution in [0.5, 0.6) is 0 Å². The van der Waals surface area contributed by atoms with E-state index in [1.54, 1.807) is 10.9 Å². The van der Waals surface area contributed by atoms with Crippen molar-refractivity contribution in [2.24, 2.45) is 5.92 Å². The lowest BCUT2D eigenvalue weighted by molar-refractivity contribution is 0.269. The Morgan fingerprint density at radius 1 is 1.35 bits per heavy atom. The molecule has 0 aliphatic carbocycles. The Morgan fingerprint density at radius 2 is 2.15 bits per heavy atom. The van der Waals surface area contributed by atoms with E-state index in [1.165, 1.54) is 0 Å². The van der Waals surface area contributed by atoms with Crippen molar-refractivity contribution in [3.63, 3.8) is 0 Å². The molecule has 0 amide bonds. The number of hydrogen-bond donors (Lipinski definition) is 2. The van der Waals surface area contributed by atoms with E-state index in [-0.39, 0.29) is 19.0 Å². The van der Waals surface area contributed by atoms with Crippen molar-refractivity contribution in [1.29, 1.82) is 0 Å². The minimum Gasteiger partial charge on any atom is -0.394 e. The second-order valence-corrected chi connectivity index (χ2v) is 4.97. The van der Waals surface area contributed by atoms with Crippen LogP contribution >= 0.6 is 12.4 Å². The largest absolute Gasteiger partial charge is 0.394 e. The van der Waals surface area contributed by atoms with Crippen molar-refractivity contribution in [1.82, 2.24) is 19.6 Å². The number of halogens is 1. The van der Waals surface area contributed by atoms with Crippen LogP contribution in [0.2, 0.25) is 0 Å². The van der Waals surface area contributed by atoms with Gasteiger partial charge in [0.1, 0.15) is 0 Å². The van der Waals surface area contributed by atoms with Gasteiger partial charge in [0.25, 0.3) is 0 Å². The van der Waals surface area contributed by atoms with E-state index >= 15 is 0 Å². The van der Waals surface area contributed by atoms with Gasteiger partial charge in [0, 0.05) is 18.9 Å². The first kappa shape index (κ1) is 16.5. The van der Waals surface area contributed by atoms with Crippen LogP contribution in [0.3, 0.4) is 0 Å². The summed E-state index contributed by atoms with van der Waals surface area (Å²) in [4.78, 5) is 0. The fourth-order valence-electron chi connectivity index (χ4n) is 1.89. The Balaban J connectivity index is 0.00000200. The van der Waals surface area contributed by atoms with Crippen molar-refractivity contribution in [3.8, 4) is 0 Å². The van der Waals surface area contributed by atoms with E-state index in [9.17, 15) is 0 Å². The molecule has 0 atom stereocenters. The molecular weight excluding hydrogens is 278 g/mol. The molecule has 0 unspecified atom stereocenters. The van der Waals surface area contributed by atoms with Crippen LogP contribution in [0.4, 0.5) is 5.69 Å². The molecular formula is C13H22ClN5O. The van der Waals surface area contributed by atoms with E-state index in [0.717, 1.165) is 24.5 Å². The molecule has 0 radical (unpaired) electrons. The average molecular weight is 300 g/mol. The summed E-state index contributed by atoms with van der Waals surface area (Å²) >= 11 is 0. The van der Waals surface area contributed by atoms with E-state index < -0.39 is 0 Å². The van der Waals surface area contributed by atoms with Gasteiger partial charge in [0.2, 0.25) is 0 Å². The summed E-state index contributed by atoms with van der Waals surface area (Å²) in [5.41, 5.74) is 2.11. The van der Waals surface area contributed by atoms with Gasteiger partial charge in [-0.3, -0.25) is 9.36 Å². The first-order chi connectivity index (χ1) is 9.19.